The second-order valence-electron chi connectivity index (χ2n) is 10.9. The molecule has 4 rings (SSSR count). The molecule has 0 bridgehead atoms. The lowest BCUT2D eigenvalue weighted by atomic mass is 10.1. The number of hydrogen-bond acceptors (Lipinski definition) is 11. The Bertz CT molecular complexity index is 1610. The fourth-order valence-electron chi connectivity index (χ4n) is 4.65. The summed E-state index contributed by atoms with van der Waals surface area (Å²) in [6, 6.07) is 2.56. The molecular formula is C30H39F3N10O5. The van der Waals surface area contributed by atoms with E-state index in [0.29, 0.717) is 63.8 Å². The maximum atomic E-state index is 14.3. The Morgan fingerprint density at radius 3 is 2.60 bits per heavy atom. The van der Waals surface area contributed by atoms with Crippen LogP contribution in [0, 0.1) is 0 Å². The van der Waals surface area contributed by atoms with Crippen molar-refractivity contribution in [1.29, 1.82) is 0 Å². The van der Waals surface area contributed by atoms with Gasteiger partial charge in [0, 0.05) is 57.7 Å². The van der Waals surface area contributed by atoms with Crippen LogP contribution < -0.4 is 26.2 Å². The molecule has 18 heteroatoms. The standard InChI is InChI=1S/C30H39F3N10O5/c1-4-48-29(46)38-24-15-22(30(31,32)33)21(17-36-24)27-39-28(42-10-12-47-13-11-42)23-14-20(19-43(23)40-27)16-34-7-8-35-26(45)18-37-25(44)6-5-9-41(2)3/h5-6,14-15,17,19,34H,4,7-13,16,18H2,1-3H3,(H,35,45)(H,37,44)(H,36,38,46)/b6-5+. The molecule has 0 atom stereocenters. The van der Waals surface area contributed by atoms with E-state index in [1.165, 1.54) is 10.6 Å². The molecule has 3 aromatic rings. The van der Waals surface area contributed by atoms with E-state index in [1.54, 1.807) is 19.2 Å². The summed E-state index contributed by atoms with van der Waals surface area (Å²) in [6.07, 6.45) is -0.00412. The first-order valence-electron chi connectivity index (χ1n) is 15.2. The van der Waals surface area contributed by atoms with E-state index in [4.69, 9.17) is 9.47 Å². The molecule has 3 amide bonds. The number of carbonyl (C=O) groups is 3. The van der Waals surface area contributed by atoms with Crippen molar-refractivity contribution in [2.75, 3.05) is 83.4 Å². The molecule has 0 radical (unpaired) electrons. The molecule has 0 saturated carbocycles. The van der Waals surface area contributed by atoms with Crippen LogP contribution in [0.15, 0.2) is 36.7 Å². The van der Waals surface area contributed by atoms with Crippen LogP contribution in [0.25, 0.3) is 16.9 Å². The van der Waals surface area contributed by atoms with Crippen molar-refractivity contribution in [3.05, 3.63) is 47.8 Å². The number of morpholine rings is 1. The Hall–Kier alpha value is -4.81. The number of carbonyl (C=O) groups excluding carboxylic acids is 3. The number of likely N-dealkylation sites (N-methyl/N-ethyl adjacent to an activating group) is 1. The van der Waals surface area contributed by atoms with Crippen LogP contribution in [0.3, 0.4) is 0 Å². The van der Waals surface area contributed by atoms with Gasteiger partial charge in [0.2, 0.25) is 11.8 Å². The highest BCUT2D eigenvalue weighted by Gasteiger charge is 2.36. The molecular weight excluding hydrogens is 637 g/mol. The van der Waals surface area contributed by atoms with Gasteiger partial charge in [0.15, 0.2) is 11.6 Å². The number of anilines is 2. The minimum atomic E-state index is -4.81. The third-order valence-corrected chi connectivity index (χ3v) is 6.88. The molecule has 3 aromatic heterocycles. The van der Waals surface area contributed by atoms with Gasteiger partial charge >= 0.3 is 12.3 Å². The zero-order chi connectivity index (χ0) is 34.7. The second kappa shape index (κ2) is 16.8. The molecule has 1 fully saturated rings. The summed E-state index contributed by atoms with van der Waals surface area (Å²) in [5.74, 6) is -0.799. The summed E-state index contributed by atoms with van der Waals surface area (Å²) in [4.78, 5) is 48.0. The molecule has 1 aliphatic rings. The van der Waals surface area contributed by atoms with E-state index in [0.717, 1.165) is 17.8 Å². The minimum Gasteiger partial charge on any atom is -0.450 e. The lowest BCUT2D eigenvalue weighted by Crippen LogP contribution is -2.39. The van der Waals surface area contributed by atoms with Crippen molar-refractivity contribution in [1.82, 2.24) is 40.4 Å². The van der Waals surface area contributed by atoms with E-state index in [9.17, 15) is 27.6 Å². The lowest BCUT2D eigenvalue weighted by molar-refractivity contribution is -0.137. The topological polar surface area (TPSA) is 167 Å². The van der Waals surface area contributed by atoms with Crippen LogP contribution in [0.2, 0.25) is 0 Å². The Balaban J connectivity index is 1.47. The first-order valence-corrected chi connectivity index (χ1v) is 15.2. The highest BCUT2D eigenvalue weighted by molar-refractivity contribution is 5.91. The van der Waals surface area contributed by atoms with Gasteiger partial charge in [-0.3, -0.25) is 14.9 Å². The average Bonchev–Trinajstić information content (AvgIpc) is 3.46. The third kappa shape index (κ3) is 10.3. The maximum absolute atomic E-state index is 14.3. The Labute approximate surface area is 274 Å². The van der Waals surface area contributed by atoms with E-state index in [-0.39, 0.29) is 42.2 Å². The minimum absolute atomic E-state index is 0.0378. The number of nitrogens with zero attached hydrogens (tertiary/aromatic N) is 6. The van der Waals surface area contributed by atoms with Gasteiger partial charge in [-0.2, -0.15) is 13.2 Å². The summed E-state index contributed by atoms with van der Waals surface area (Å²) in [5.41, 5.74) is -0.0725. The average molecular weight is 677 g/mol. The first kappa shape index (κ1) is 36.0. The number of alkyl halides is 3. The highest BCUT2D eigenvalue weighted by Crippen LogP contribution is 2.37. The summed E-state index contributed by atoms with van der Waals surface area (Å²) < 4.78 is 54.5. The van der Waals surface area contributed by atoms with Gasteiger partial charge in [0.25, 0.3) is 0 Å². The molecule has 4 heterocycles. The van der Waals surface area contributed by atoms with Crippen LogP contribution in [0.5, 0.6) is 0 Å². The van der Waals surface area contributed by atoms with Crippen LogP contribution in [-0.2, 0) is 31.8 Å². The number of pyridine rings is 1. The Morgan fingerprint density at radius 2 is 1.90 bits per heavy atom. The van der Waals surface area contributed by atoms with Crippen molar-refractivity contribution in [2.24, 2.45) is 0 Å². The predicted octanol–water partition coefficient (Wildman–Crippen LogP) is 1.65. The van der Waals surface area contributed by atoms with Gasteiger partial charge in [-0.1, -0.05) is 6.08 Å². The predicted molar refractivity (Wildman–Crippen MR) is 170 cm³/mol. The van der Waals surface area contributed by atoms with Crippen molar-refractivity contribution in [3.8, 4) is 11.4 Å². The van der Waals surface area contributed by atoms with Gasteiger partial charge in [-0.05, 0) is 38.7 Å². The van der Waals surface area contributed by atoms with Crippen LogP contribution >= 0.6 is 0 Å². The van der Waals surface area contributed by atoms with Crippen molar-refractivity contribution >= 4 is 35.1 Å². The van der Waals surface area contributed by atoms with Gasteiger partial charge in [0.05, 0.1) is 37.5 Å². The summed E-state index contributed by atoms with van der Waals surface area (Å²) in [6.45, 7) is 4.94. The molecule has 4 N–H and O–H groups in total. The SMILES string of the molecule is CCOC(=O)Nc1cc(C(F)(F)F)c(-c2nc(N3CCOCC3)c3cc(CNCCNC(=O)CNC(=O)/C=C/CN(C)C)cn3n2)cn1. The van der Waals surface area contributed by atoms with Crippen LogP contribution in [0.4, 0.5) is 29.6 Å². The number of amides is 3. The number of aromatic nitrogens is 4. The normalized spacial score (nSPS) is 13.7. The number of halogens is 3. The van der Waals surface area contributed by atoms with Crippen LogP contribution in [-0.4, -0.2) is 116 Å². The van der Waals surface area contributed by atoms with Gasteiger partial charge < -0.3 is 35.2 Å². The molecule has 0 aromatic carbocycles. The van der Waals surface area contributed by atoms with E-state index < -0.39 is 17.8 Å². The summed E-state index contributed by atoms with van der Waals surface area (Å²) >= 11 is 0. The molecule has 15 nitrogen and oxygen atoms in total. The van der Waals surface area contributed by atoms with E-state index >= 15 is 0 Å². The zero-order valence-corrected chi connectivity index (χ0v) is 26.9. The van der Waals surface area contributed by atoms with Gasteiger partial charge in [-0.15, -0.1) is 5.10 Å². The monoisotopic (exact) mass is 676 g/mol. The largest absolute Gasteiger partial charge is 0.450 e. The summed E-state index contributed by atoms with van der Waals surface area (Å²) in [7, 11) is 3.75. The quantitative estimate of drug-likeness (QED) is 0.145. The molecule has 1 aliphatic heterocycles. The third-order valence-electron chi connectivity index (χ3n) is 6.88. The number of nitrogens with one attached hydrogen (secondary N) is 4. The smallest absolute Gasteiger partial charge is 0.417 e. The van der Waals surface area contributed by atoms with Gasteiger partial charge in [0.1, 0.15) is 11.3 Å². The number of rotatable bonds is 14. The van der Waals surface area contributed by atoms with E-state index in [2.05, 4.69) is 36.3 Å². The second-order valence-corrected chi connectivity index (χ2v) is 10.9. The van der Waals surface area contributed by atoms with Gasteiger partial charge in [-0.25, -0.2) is 19.3 Å². The number of hydrogen-bond donors (Lipinski definition) is 4. The molecule has 0 spiro atoms. The Morgan fingerprint density at radius 1 is 1.12 bits per heavy atom. The molecule has 48 heavy (non-hydrogen) atoms. The zero-order valence-electron chi connectivity index (χ0n) is 26.9. The van der Waals surface area contributed by atoms with Crippen molar-refractivity contribution in [3.63, 3.8) is 0 Å². The first-order chi connectivity index (χ1) is 22.9. The Kier molecular flexibility index (Phi) is 12.6. The molecule has 260 valence electrons. The summed E-state index contributed by atoms with van der Waals surface area (Å²) in [5, 5.41) is 15.1. The van der Waals surface area contributed by atoms with Crippen molar-refractivity contribution in [2.45, 2.75) is 19.6 Å². The van der Waals surface area contributed by atoms with Crippen molar-refractivity contribution < 1.29 is 37.0 Å². The fraction of sp³-hybridized carbons (Fsp3) is 0.467. The fourth-order valence-corrected chi connectivity index (χ4v) is 4.65. The highest BCUT2D eigenvalue weighted by atomic mass is 19.4. The molecule has 0 aliphatic carbocycles. The molecule has 1 saturated heterocycles. The number of ether oxygens (including phenoxy) is 2. The maximum Gasteiger partial charge on any atom is 0.417 e. The number of fused-ring (bicyclic) bond motifs is 1. The van der Waals surface area contributed by atoms with Crippen LogP contribution in [0.1, 0.15) is 18.1 Å². The molecule has 0 unspecified atom stereocenters. The lowest BCUT2D eigenvalue weighted by Gasteiger charge is -2.28. The van der Waals surface area contributed by atoms with E-state index in [1.807, 2.05) is 30.0 Å².